The van der Waals surface area contributed by atoms with Crippen LogP contribution in [-0.2, 0) is 17.6 Å². The van der Waals surface area contributed by atoms with Crippen LogP contribution in [0, 0.1) is 0 Å². The minimum Gasteiger partial charge on any atom is -0.493 e. The van der Waals surface area contributed by atoms with Gasteiger partial charge in [-0.2, -0.15) is 0 Å². The third-order valence-corrected chi connectivity index (χ3v) is 5.24. The van der Waals surface area contributed by atoms with Gasteiger partial charge in [0.2, 0.25) is 0 Å². The van der Waals surface area contributed by atoms with Crippen molar-refractivity contribution in [1.29, 1.82) is 0 Å². The number of methoxy groups -OCH3 is 3. The first-order valence-corrected chi connectivity index (χ1v) is 8.40. The van der Waals surface area contributed by atoms with Gasteiger partial charge in [-0.3, -0.25) is 0 Å². The summed E-state index contributed by atoms with van der Waals surface area (Å²) in [6.07, 6.45) is 1.27. The highest BCUT2D eigenvalue weighted by Crippen LogP contribution is 2.52. The zero-order chi connectivity index (χ0) is 17.6. The molecular weight excluding hydrogens is 318 g/mol. The van der Waals surface area contributed by atoms with Gasteiger partial charge in [0.25, 0.3) is 0 Å². The predicted molar refractivity (Wildman–Crippen MR) is 94.2 cm³/mol. The van der Waals surface area contributed by atoms with Crippen molar-refractivity contribution < 1.29 is 19.0 Å². The number of carbonyl (C=O) groups is 1. The van der Waals surface area contributed by atoms with Crippen molar-refractivity contribution in [1.82, 2.24) is 4.90 Å². The summed E-state index contributed by atoms with van der Waals surface area (Å²) in [6, 6.07) is 10.3. The van der Waals surface area contributed by atoms with E-state index >= 15 is 0 Å². The van der Waals surface area contributed by atoms with E-state index in [1.165, 1.54) is 18.2 Å². The first kappa shape index (κ1) is 15.8. The van der Waals surface area contributed by atoms with Crippen LogP contribution in [-0.4, -0.2) is 38.9 Å². The van der Waals surface area contributed by atoms with E-state index in [9.17, 15) is 4.79 Å². The molecule has 130 valence electrons. The lowest BCUT2D eigenvalue weighted by molar-refractivity contribution is 0.100. The average Bonchev–Trinajstić information content (AvgIpc) is 2.66. The molecule has 5 heteroatoms. The standard InChI is InChI=1S/C20H21NO4/c1-23-16-11-13-8-9-21(20(22)25-3)15-10-12-6-4-5-7-14(12)18(17(13)15)19(16)24-2/h4-7,11,15H,8-10H2,1-3H3. The van der Waals surface area contributed by atoms with Crippen molar-refractivity contribution in [3.63, 3.8) is 0 Å². The normalized spacial score (nSPS) is 17.4. The zero-order valence-corrected chi connectivity index (χ0v) is 14.7. The molecule has 4 rings (SSSR count). The fraction of sp³-hybridized carbons (Fsp3) is 0.350. The second-order valence-electron chi connectivity index (χ2n) is 6.35. The van der Waals surface area contributed by atoms with Crippen molar-refractivity contribution in [2.24, 2.45) is 0 Å². The highest BCUT2D eigenvalue weighted by atomic mass is 16.5. The van der Waals surface area contributed by atoms with Crippen LogP contribution in [0.2, 0.25) is 0 Å². The van der Waals surface area contributed by atoms with Gasteiger partial charge in [0.1, 0.15) is 0 Å². The number of nitrogens with zero attached hydrogens (tertiary/aromatic N) is 1. The van der Waals surface area contributed by atoms with Gasteiger partial charge in [0, 0.05) is 12.1 Å². The Morgan fingerprint density at radius 1 is 1.12 bits per heavy atom. The van der Waals surface area contributed by atoms with Crippen LogP contribution in [0.15, 0.2) is 30.3 Å². The van der Waals surface area contributed by atoms with Gasteiger partial charge < -0.3 is 19.1 Å². The number of amides is 1. The second kappa shape index (κ2) is 5.99. The molecule has 1 unspecified atom stereocenters. The molecule has 0 spiro atoms. The Bertz CT molecular complexity index is 846. The zero-order valence-electron chi connectivity index (χ0n) is 14.7. The number of hydrogen-bond acceptors (Lipinski definition) is 4. The number of hydrogen-bond donors (Lipinski definition) is 0. The lowest BCUT2D eigenvalue weighted by Gasteiger charge is -2.41. The lowest BCUT2D eigenvalue weighted by Crippen LogP contribution is -2.42. The molecule has 2 aliphatic rings. The fourth-order valence-corrected chi connectivity index (χ4v) is 4.17. The van der Waals surface area contributed by atoms with E-state index in [1.54, 1.807) is 14.2 Å². The third kappa shape index (κ3) is 2.26. The summed E-state index contributed by atoms with van der Waals surface area (Å²) in [6.45, 7) is 0.640. The molecule has 0 bridgehead atoms. The molecule has 0 fully saturated rings. The fourth-order valence-electron chi connectivity index (χ4n) is 4.17. The minimum atomic E-state index is -0.282. The molecule has 1 aliphatic carbocycles. The Kier molecular flexibility index (Phi) is 3.79. The van der Waals surface area contributed by atoms with Gasteiger partial charge in [-0.15, -0.1) is 0 Å². The summed E-state index contributed by atoms with van der Waals surface area (Å²) in [4.78, 5) is 14.1. The summed E-state index contributed by atoms with van der Waals surface area (Å²) in [5.41, 5.74) is 5.77. The van der Waals surface area contributed by atoms with E-state index in [2.05, 4.69) is 12.1 Å². The van der Waals surface area contributed by atoms with Crippen LogP contribution >= 0.6 is 0 Å². The van der Waals surface area contributed by atoms with Crippen LogP contribution in [0.5, 0.6) is 11.5 Å². The van der Waals surface area contributed by atoms with E-state index in [1.807, 2.05) is 23.1 Å². The summed E-state index contributed by atoms with van der Waals surface area (Å²) >= 11 is 0. The average molecular weight is 339 g/mol. The maximum absolute atomic E-state index is 12.3. The molecule has 2 aromatic carbocycles. The monoisotopic (exact) mass is 339 g/mol. The van der Waals surface area contributed by atoms with Crippen LogP contribution < -0.4 is 9.47 Å². The maximum atomic E-state index is 12.3. The molecule has 2 aromatic rings. The Morgan fingerprint density at radius 3 is 2.64 bits per heavy atom. The number of rotatable bonds is 2. The van der Waals surface area contributed by atoms with Crippen LogP contribution in [0.25, 0.3) is 11.1 Å². The Morgan fingerprint density at radius 2 is 1.92 bits per heavy atom. The van der Waals surface area contributed by atoms with E-state index in [4.69, 9.17) is 14.2 Å². The Hall–Kier alpha value is -2.69. The number of ether oxygens (including phenoxy) is 3. The van der Waals surface area contributed by atoms with Gasteiger partial charge in [-0.1, -0.05) is 24.3 Å². The molecule has 1 aliphatic heterocycles. The number of carbonyl (C=O) groups excluding carboxylic acids is 1. The number of fused-ring (bicyclic) bond motifs is 2. The molecule has 0 N–H and O–H groups in total. The highest BCUT2D eigenvalue weighted by Gasteiger charge is 2.39. The van der Waals surface area contributed by atoms with Crippen LogP contribution in [0.4, 0.5) is 4.79 Å². The Balaban J connectivity index is 2.02. The maximum Gasteiger partial charge on any atom is 0.410 e. The second-order valence-corrected chi connectivity index (χ2v) is 6.35. The van der Waals surface area contributed by atoms with Gasteiger partial charge in [0.05, 0.1) is 27.4 Å². The van der Waals surface area contributed by atoms with Crippen molar-refractivity contribution in [3.8, 4) is 22.6 Å². The van der Waals surface area contributed by atoms with E-state index < -0.39 is 0 Å². The molecule has 25 heavy (non-hydrogen) atoms. The molecule has 1 heterocycles. The van der Waals surface area contributed by atoms with Crippen molar-refractivity contribution in [2.75, 3.05) is 27.9 Å². The van der Waals surface area contributed by atoms with Gasteiger partial charge >= 0.3 is 6.09 Å². The van der Waals surface area contributed by atoms with Crippen molar-refractivity contribution >= 4 is 6.09 Å². The summed E-state index contributed by atoms with van der Waals surface area (Å²) in [5, 5.41) is 0. The van der Waals surface area contributed by atoms with Crippen LogP contribution in [0.3, 0.4) is 0 Å². The van der Waals surface area contributed by atoms with Crippen molar-refractivity contribution in [2.45, 2.75) is 18.9 Å². The summed E-state index contributed by atoms with van der Waals surface area (Å²) < 4.78 is 16.3. The summed E-state index contributed by atoms with van der Waals surface area (Å²) in [5.74, 6) is 1.46. The molecule has 1 atom stereocenters. The molecule has 0 saturated carbocycles. The third-order valence-electron chi connectivity index (χ3n) is 5.24. The first-order valence-electron chi connectivity index (χ1n) is 8.40. The number of benzene rings is 2. The molecule has 0 radical (unpaired) electrons. The SMILES string of the molecule is COC(=O)N1CCc2cc(OC)c(OC)c3c2C1Cc1ccccc1-3. The highest BCUT2D eigenvalue weighted by molar-refractivity contribution is 5.84. The lowest BCUT2D eigenvalue weighted by atomic mass is 9.76. The topological polar surface area (TPSA) is 48.0 Å². The smallest absolute Gasteiger partial charge is 0.410 e. The van der Waals surface area contributed by atoms with Crippen LogP contribution in [0.1, 0.15) is 22.7 Å². The first-order chi connectivity index (χ1) is 12.2. The predicted octanol–water partition coefficient (Wildman–Crippen LogP) is 3.59. The van der Waals surface area contributed by atoms with E-state index in [0.29, 0.717) is 6.54 Å². The van der Waals surface area contributed by atoms with E-state index in [0.717, 1.165) is 41.0 Å². The van der Waals surface area contributed by atoms with E-state index in [-0.39, 0.29) is 12.1 Å². The molecular formula is C20H21NO4. The quantitative estimate of drug-likeness (QED) is 0.839. The van der Waals surface area contributed by atoms with Crippen molar-refractivity contribution in [3.05, 3.63) is 47.0 Å². The summed E-state index contributed by atoms with van der Waals surface area (Å²) in [7, 11) is 4.75. The van der Waals surface area contributed by atoms with Gasteiger partial charge in [-0.25, -0.2) is 4.79 Å². The molecule has 0 aromatic heterocycles. The van der Waals surface area contributed by atoms with Gasteiger partial charge in [0.15, 0.2) is 11.5 Å². The Labute approximate surface area is 147 Å². The molecule has 0 saturated heterocycles. The largest absolute Gasteiger partial charge is 0.493 e. The molecule has 1 amide bonds. The van der Waals surface area contributed by atoms with Gasteiger partial charge in [-0.05, 0) is 41.2 Å². The molecule has 5 nitrogen and oxygen atoms in total. The minimum absolute atomic E-state index is 0.0408.